The van der Waals surface area contributed by atoms with Gasteiger partial charge in [-0.3, -0.25) is 9.59 Å². The number of ether oxygens (including phenoxy) is 1. The van der Waals surface area contributed by atoms with Gasteiger partial charge in [0.15, 0.2) is 6.61 Å². The summed E-state index contributed by atoms with van der Waals surface area (Å²) in [5.41, 5.74) is 1.13. The smallest absolute Gasteiger partial charge is 0.306 e. The third-order valence-corrected chi connectivity index (χ3v) is 3.93. The zero-order chi connectivity index (χ0) is 15.2. The number of amides is 1. The van der Waals surface area contributed by atoms with Crippen molar-refractivity contribution in [1.82, 2.24) is 5.32 Å². The fourth-order valence-corrected chi connectivity index (χ4v) is 2.69. The van der Waals surface area contributed by atoms with E-state index in [0.717, 1.165) is 18.4 Å². The Morgan fingerprint density at radius 1 is 1.29 bits per heavy atom. The first kappa shape index (κ1) is 15.4. The van der Waals surface area contributed by atoms with Gasteiger partial charge in [0.2, 0.25) is 0 Å². The van der Waals surface area contributed by atoms with Crippen LogP contribution in [-0.2, 0) is 9.59 Å². The number of aryl methyl sites for hydroxylation is 1. The summed E-state index contributed by atoms with van der Waals surface area (Å²) in [5, 5.41) is 11.8. The van der Waals surface area contributed by atoms with Crippen LogP contribution in [0.15, 0.2) is 24.3 Å². The maximum Gasteiger partial charge on any atom is 0.306 e. The lowest BCUT2D eigenvalue weighted by Crippen LogP contribution is -2.35. The second kappa shape index (κ2) is 7.11. The zero-order valence-corrected chi connectivity index (χ0v) is 12.2. The third-order valence-electron chi connectivity index (χ3n) is 3.93. The molecule has 21 heavy (non-hydrogen) atoms. The van der Waals surface area contributed by atoms with E-state index in [4.69, 9.17) is 9.84 Å². The summed E-state index contributed by atoms with van der Waals surface area (Å²) >= 11 is 0. The highest BCUT2D eigenvalue weighted by Gasteiger charge is 2.32. The summed E-state index contributed by atoms with van der Waals surface area (Å²) < 4.78 is 5.38. The van der Waals surface area contributed by atoms with Crippen molar-refractivity contribution in [2.45, 2.75) is 26.2 Å². The number of hydrogen-bond acceptors (Lipinski definition) is 3. The van der Waals surface area contributed by atoms with Gasteiger partial charge < -0.3 is 15.2 Å². The van der Waals surface area contributed by atoms with E-state index >= 15 is 0 Å². The molecule has 0 spiro atoms. The minimum Gasteiger partial charge on any atom is -0.484 e. The first-order chi connectivity index (χ1) is 10.1. The van der Waals surface area contributed by atoms with Crippen LogP contribution in [0.3, 0.4) is 0 Å². The topological polar surface area (TPSA) is 75.6 Å². The van der Waals surface area contributed by atoms with Crippen LogP contribution in [0.25, 0.3) is 0 Å². The molecule has 2 N–H and O–H groups in total. The number of benzene rings is 1. The molecule has 1 aliphatic carbocycles. The van der Waals surface area contributed by atoms with Crippen molar-refractivity contribution >= 4 is 11.9 Å². The first-order valence-electron chi connectivity index (χ1n) is 7.25. The molecular weight excluding hydrogens is 270 g/mol. The van der Waals surface area contributed by atoms with Crippen molar-refractivity contribution in [3.8, 4) is 5.75 Å². The largest absolute Gasteiger partial charge is 0.484 e. The molecular formula is C16H21NO4. The van der Waals surface area contributed by atoms with Crippen LogP contribution >= 0.6 is 0 Å². The van der Waals surface area contributed by atoms with Crippen LogP contribution in [0.2, 0.25) is 0 Å². The van der Waals surface area contributed by atoms with E-state index in [1.807, 2.05) is 31.2 Å². The number of nitrogens with one attached hydrogen (secondary N) is 1. The number of carbonyl (C=O) groups excluding carboxylic acids is 1. The Bertz CT molecular complexity index is 498. The van der Waals surface area contributed by atoms with Crippen LogP contribution in [0.1, 0.15) is 24.8 Å². The van der Waals surface area contributed by atoms with Crippen molar-refractivity contribution < 1.29 is 19.4 Å². The third kappa shape index (κ3) is 4.48. The predicted molar refractivity (Wildman–Crippen MR) is 78.2 cm³/mol. The van der Waals surface area contributed by atoms with Gasteiger partial charge in [-0.15, -0.1) is 0 Å². The van der Waals surface area contributed by atoms with Gasteiger partial charge >= 0.3 is 5.97 Å². The molecule has 114 valence electrons. The van der Waals surface area contributed by atoms with Gasteiger partial charge in [0.05, 0.1) is 5.92 Å². The maximum atomic E-state index is 11.7. The lowest BCUT2D eigenvalue weighted by Gasteiger charge is -2.16. The molecule has 2 rings (SSSR count). The van der Waals surface area contributed by atoms with Gasteiger partial charge in [-0.25, -0.2) is 0 Å². The van der Waals surface area contributed by atoms with E-state index in [1.54, 1.807) is 0 Å². The minimum atomic E-state index is -0.761. The van der Waals surface area contributed by atoms with Crippen molar-refractivity contribution in [3.63, 3.8) is 0 Å². The molecule has 1 amide bonds. The Morgan fingerprint density at radius 3 is 2.67 bits per heavy atom. The minimum absolute atomic E-state index is 0.0332. The fraction of sp³-hybridized carbons (Fsp3) is 0.500. The maximum absolute atomic E-state index is 11.7. The molecule has 1 aromatic carbocycles. The van der Waals surface area contributed by atoms with Gasteiger partial charge in [-0.05, 0) is 37.8 Å². The van der Waals surface area contributed by atoms with E-state index in [0.29, 0.717) is 18.7 Å². The van der Waals surface area contributed by atoms with Gasteiger partial charge in [0, 0.05) is 6.54 Å². The quantitative estimate of drug-likeness (QED) is 0.840. The zero-order valence-electron chi connectivity index (χ0n) is 12.2. The molecule has 5 nitrogen and oxygen atoms in total. The Balaban J connectivity index is 1.72. The molecule has 0 radical (unpaired) electrons. The van der Waals surface area contributed by atoms with Crippen molar-refractivity contribution in [2.75, 3.05) is 13.2 Å². The monoisotopic (exact) mass is 291 g/mol. The highest BCUT2D eigenvalue weighted by Crippen LogP contribution is 2.31. The Morgan fingerprint density at radius 2 is 2.00 bits per heavy atom. The summed E-state index contributed by atoms with van der Waals surface area (Å²) in [5.74, 6) is -0.622. The molecule has 1 aromatic rings. The van der Waals surface area contributed by atoms with E-state index < -0.39 is 5.97 Å². The van der Waals surface area contributed by atoms with Gasteiger partial charge in [-0.2, -0.15) is 0 Å². The molecule has 1 aliphatic rings. The van der Waals surface area contributed by atoms with Crippen LogP contribution in [-0.4, -0.2) is 30.1 Å². The Labute approximate surface area is 124 Å². The van der Waals surface area contributed by atoms with E-state index in [1.165, 1.54) is 0 Å². The molecule has 5 heteroatoms. The normalized spacial score (nSPS) is 21.0. The van der Waals surface area contributed by atoms with E-state index in [-0.39, 0.29) is 24.3 Å². The van der Waals surface area contributed by atoms with E-state index in [9.17, 15) is 9.59 Å². The molecule has 0 saturated heterocycles. The number of carboxylic acid groups (broad SMARTS) is 1. The van der Waals surface area contributed by atoms with Crippen LogP contribution in [0.4, 0.5) is 0 Å². The predicted octanol–water partition coefficient (Wildman–Crippen LogP) is 1.99. The highest BCUT2D eigenvalue weighted by atomic mass is 16.5. The molecule has 2 atom stereocenters. The lowest BCUT2D eigenvalue weighted by molar-refractivity contribution is -0.143. The van der Waals surface area contributed by atoms with Crippen LogP contribution < -0.4 is 10.1 Å². The average molecular weight is 291 g/mol. The lowest BCUT2D eigenvalue weighted by atomic mass is 9.96. The fourth-order valence-electron chi connectivity index (χ4n) is 2.69. The summed E-state index contributed by atoms with van der Waals surface area (Å²) in [6, 6.07) is 7.48. The molecule has 2 unspecified atom stereocenters. The SMILES string of the molecule is Cc1ccc(OCC(=O)NCC2CCCC2C(=O)O)cc1. The number of aliphatic carboxylic acids is 1. The second-order valence-electron chi connectivity index (χ2n) is 5.54. The first-order valence-corrected chi connectivity index (χ1v) is 7.25. The van der Waals surface area contributed by atoms with Gasteiger partial charge in [0.1, 0.15) is 5.75 Å². The summed E-state index contributed by atoms with van der Waals surface area (Å²) in [7, 11) is 0. The van der Waals surface area contributed by atoms with Crippen molar-refractivity contribution in [3.05, 3.63) is 29.8 Å². The summed E-state index contributed by atoms with van der Waals surface area (Å²) in [6.45, 7) is 2.34. The van der Waals surface area contributed by atoms with Crippen LogP contribution in [0.5, 0.6) is 5.75 Å². The Hall–Kier alpha value is -2.04. The number of carbonyl (C=O) groups is 2. The van der Waals surface area contributed by atoms with Crippen LogP contribution in [0, 0.1) is 18.8 Å². The van der Waals surface area contributed by atoms with E-state index in [2.05, 4.69) is 5.32 Å². The second-order valence-corrected chi connectivity index (χ2v) is 5.54. The molecule has 0 aromatic heterocycles. The molecule has 0 bridgehead atoms. The molecule has 0 heterocycles. The highest BCUT2D eigenvalue weighted by molar-refractivity contribution is 5.77. The van der Waals surface area contributed by atoms with Gasteiger partial charge in [0.25, 0.3) is 5.91 Å². The standard InChI is InChI=1S/C16H21NO4/c1-11-5-7-13(8-6-11)21-10-15(18)17-9-12-3-2-4-14(12)16(19)20/h5-8,12,14H,2-4,9-10H2,1H3,(H,17,18)(H,19,20). The molecule has 1 fully saturated rings. The average Bonchev–Trinajstić information content (AvgIpc) is 2.93. The summed E-state index contributed by atoms with van der Waals surface area (Å²) in [4.78, 5) is 22.8. The summed E-state index contributed by atoms with van der Waals surface area (Å²) in [6.07, 6.45) is 2.48. The van der Waals surface area contributed by atoms with Gasteiger partial charge in [-0.1, -0.05) is 24.1 Å². The number of hydrogen-bond donors (Lipinski definition) is 2. The van der Waals surface area contributed by atoms with Crippen molar-refractivity contribution in [2.24, 2.45) is 11.8 Å². The Kier molecular flexibility index (Phi) is 5.20. The van der Waals surface area contributed by atoms with Crippen molar-refractivity contribution in [1.29, 1.82) is 0 Å². The molecule has 0 aliphatic heterocycles. The number of carboxylic acids is 1. The molecule has 1 saturated carbocycles. The number of rotatable bonds is 6.